The summed E-state index contributed by atoms with van der Waals surface area (Å²) in [6.45, 7) is 5.17. The van der Waals surface area contributed by atoms with Crippen molar-refractivity contribution in [3.63, 3.8) is 0 Å². The first-order chi connectivity index (χ1) is 7.68. The molecule has 1 aromatic carbocycles. The fourth-order valence-electron chi connectivity index (χ4n) is 1.95. The van der Waals surface area contributed by atoms with Crippen LogP contribution in [0, 0.1) is 0 Å². The van der Waals surface area contributed by atoms with Crippen LogP contribution >= 0.6 is 0 Å². The Balaban J connectivity index is 2.17. The van der Waals surface area contributed by atoms with Crippen molar-refractivity contribution in [3.05, 3.63) is 35.4 Å². The standard InChI is InChI=1S/C13H19NO2/c1-3-10-4-6-11(7-5-10)13(2)15-9-12(8-14)16-13/h4-7,12H,3,8-9,14H2,1-2H3. The lowest BCUT2D eigenvalue weighted by atomic mass is 10.0. The van der Waals surface area contributed by atoms with Gasteiger partial charge >= 0.3 is 0 Å². The highest BCUT2D eigenvalue weighted by molar-refractivity contribution is 5.26. The fourth-order valence-corrected chi connectivity index (χ4v) is 1.95. The highest BCUT2D eigenvalue weighted by Gasteiger charge is 2.38. The van der Waals surface area contributed by atoms with E-state index >= 15 is 0 Å². The van der Waals surface area contributed by atoms with E-state index in [0.29, 0.717) is 13.2 Å². The van der Waals surface area contributed by atoms with Gasteiger partial charge in [0.15, 0.2) is 5.79 Å². The Morgan fingerprint density at radius 3 is 2.56 bits per heavy atom. The monoisotopic (exact) mass is 221 g/mol. The summed E-state index contributed by atoms with van der Waals surface area (Å²) < 4.78 is 11.5. The lowest BCUT2D eigenvalue weighted by molar-refractivity contribution is -0.160. The van der Waals surface area contributed by atoms with Gasteiger partial charge in [0.25, 0.3) is 0 Å². The van der Waals surface area contributed by atoms with Crippen LogP contribution in [-0.4, -0.2) is 19.3 Å². The summed E-state index contributed by atoms with van der Waals surface area (Å²) in [5, 5.41) is 0. The first kappa shape index (κ1) is 11.6. The van der Waals surface area contributed by atoms with E-state index in [1.807, 2.05) is 6.92 Å². The maximum absolute atomic E-state index is 5.81. The van der Waals surface area contributed by atoms with Crippen LogP contribution in [0.25, 0.3) is 0 Å². The number of benzene rings is 1. The van der Waals surface area contributed by atoms with Crippen molar-refractivity contribution < 1.29 is 9.47 Å². The molecule has 1 aliphatic heterocycles. The molecule has 16 heavy (non-hydrogen) atoms. The molecule has 1 fully saturated rings. The molecule has 1 saturated heterocycles. The Labute approximate surface area is 96.5 Å². The number of aryl methyl sites for hydroxylation is 1. The summed E-state index contributed by atoms with van der Waals surface area (Å²) in [5.74, 6) is -0.629. The van der Waals surface area contributed by atoms with E-state index in [9.17, 15) is 0 Å². The first-order valence-corrected chi connectivity index (χ1v) is 5.79. The van der Waals surface area contributed by atoms with Crippen LogP contribution in [0.5, 0.6) is 0 Å². The van der Waals surface area contributed by atoms with Gasteiger partial charge in [0.05, 0.1) is 12.7 Å². The molecule has 3 heteroatoms. The predicted octanol–water partition coefficient (Wildman–Crippen LogP) is 1.80. The number of nitrogens with two attached hydrogens (primary N) is 1. The average Bonchev–Trinajstić information content (AvgIpc) is 2.73. The van der Waals surface area contributed by atoms with Gasteiger partial charge in [0.1, 0.15) is 0 Å². The van der Waals surface area contributed by atoms with E-state index in [-0.39, 0.29) is 6.10 Å². The fraction of sp³-hybridized carbons (Fsp3) is 0.538. The van der Waals surface area contributed by atoms with Gasteiger partial charge in [0, 0.05) is 12.1 Å². The zero-order valence-corrected chi connectivity index (χ0v) is 9.90. The molecule has 88 valence electrons. The van der Waals surface area contributed by atoms with Crippen molar-refractivity contribution in [2.24, 2.45) is 5.73 Å². The molecular formula is C13H19NO2. The molecule has 1 aliphatic rings. The van der Waals surface area contributed by atoms with E-state index in [1.165, 1.54) is 5.56 Å². The molecule has 0 radical (unpaired) electrons. The molecule has 0 amide bonds. The van der Waals surface area contributed by atoms with Crippen LogP contribution in [0.3, 0.4) is 0 Å². The van der Waals surface area contributed by atoms with E-state index in [1.54, 1.807) is 0 Å². The van der Waals surface area contributed by atoms with Crippen molar-refractivity contribution in [3.8, 4) is 0 Å². The average molecular weight is 221 g/mol. The summed E-state index contributed by atoms with van der Waals surface area (Å²) in [7, 11) is 0. The van der Waals surface area contributed by atoms with Gasteiger partial charge in [-0.25, -0.2) is 0 Å². The smallest absolute Gasteiger partial charge is 0.192 e. The molecule has 3 nitrogen and oxygen atoms in total. The van der Waals surface area contributed by atoms with Gasteiger partial charge in [-0.2, -0.15) is 0 Å². The Kier molecular flexibility index (Phi) is 3.28. The zero-order chi connectivity index (χ0) is 11.6. The minimum absolute atomic E-state index is 0.0100. The number of ether oxygens (including phenoxy) is 2. The van der Waals surface area contributed by atoms with Crippen molar-refractivity contribution >= 4 is 0 Å². The lowest BCUT2D eigenvalue weighted by Gasteiger charge is -2.23. The van der Waals surface area contributed by atoms with Crippen LogP contribution in [0.4, 0.5) is 0 Å². The van der Waals surface area contributed by atoms with Crippen molar-refractivity contribution in [1.29, 1.82) is 0 Å². The maximum atomic E-state index is 5.81. The highest BCUT2D eigenvalue weighted by atomic mass is 16.7. The van der Waals surface area contributed by atoms with Gasteiger partial charge < -0.3 is 15.2 Å². The molecule has 2 N–H and O–H groups in total. The van der Waals surface area contributed by atoms with Crippen LogP contribution in [0.1, 0.15) is 25.0 Å². The molecule has 2 rings (SSSR count). The van der Waals surface area contributed by atoms with Crippen LogP contribution in [0.2, 0.25) is 0 Å². The Bertz CT molecular complexity index is 349. The van der Waals surface area contributed by atoms with Crippen LogP contribution < -0.4 is 5.73 Å². The lowest BCUT2D eigenvalue weighted by Crippen LogP contribution is -2.27. The van der Waals surface area contributed by atoms with E-state index in [2.05, 4.69) is 31.2 Å². The SMILES string of the molecule is CCc1ccc(C2(C)OCC(CN)O2)cc1. The molecular weight excluding hydrogens is 202 g/mol. The van der Waals surface area contributed by atoms with Gasteiger partial charge in [-0.3, -0.25) is 0 Å². The van der Waals surface area contributed by atoms with Gasteiger partial charge in [-0.15, -0.1) is 0 Å². The topological polar surface area (TPSA) is 44.5 Å². The highest BCUT2D eigenvalue weighted by Crippen LogP contribution is 2.33. The number of hydrogen-bond donors (Lipinski definition) is 1. The van der Waals surface area contributed by atoms with Crippen molar-refractivity contribution in [2.75, 3.05) is 13.2 Å². The van der Waals surface area contributed by atoms with Gasteiger partial charge in [-0.05, 0) is 18.9 Å². The normalized spacial score (nSPS) is 29.6. The summed E-state index contributed by atoms with van der Waals surface area (Å²) >= 11 is 0. The number of hydrogen-bond acceptors (Lipinski definition) is 3. The molecule has 1 aromatic rings. The Hall–Kier alpha value is -0.900. The van der Waals surface area contributed by atoms with Crippen molar-refractivity contribution in [2.45, 2.75) is 32.2 Å². The molecule has 0 bridgehead atoms. The third kappa shape index (κ3) is 2.12. The third-order valence-electron chi connectivity index (χ3n) is 3.09. The minimum atomic E-state index is -0.629. The van der Waals surface area contributed by atoms with Gasteiger partial charge in [0.2, 0.25) is 0 Å². The molecule has 0 spiro atoms. The molecule has 2 atom stereocenters. The van der Waals surface area contributed by atoms with Crippen LogP contribution in [0.15, 0.2) is 24.3 Å². The summed E-state index contributed by atoms with van der Waals surface area (Å²) in [5.41, 5.74) is 7.95. The Morgan fingerprint density at radius 2 is 2.06 bits per heavy atom. The molecule has 0 aliphatic carbocycles. The Morgan fingerprint density at radius 1 is 1.38 bits per heavy atom. The second-order valence-electron chi connectivity index (χ2n) is 4.28. The van der Waals surface area contributed by atoms with Crippen molar-refractivity contribution in [1.82, 2.24) is 0 Å². The van der Waals surface area contributed by atoms with E-state index in [4.69, 9.17) is 15.2 Å². The molecule has 0 aromatic heterocycles. The van der Waals surface area contributed by atoms with Crippen LogP contribution in [-0.2, 0) is 21.7 Å². The third-order valence-corrected chi connectivity index (χ3v) is 3.09. The molecule has 2 unspecified atom stereocenters. The van der Waals surface area contributed by atoms with E-state index in [0.717, 1.165) is 12.0 Å². The van der Waals surface area contributed by atoms with E-state index < -0.39 is 5.79 Å². The summed E-state index contributed by atoms with van der Waals surface area (Å²) in [4.78, 5) is 0. The minimum Gasteiger partial charge on any atom is -0.343 e. The first-order valence-electron chi connectivity index (χ1n) is 5.79. The second-order valence-corrected chi connectivity index (χ2v) is 4.28. The zero-order valence-electron chi connectivity index (χ0n) is 9.90. The quantitative estimate of drug-likeness (QED) is 0.846. The molecule has 1 heterocycles. The predicted molar refractivity (Wildman–Crippen MR) is 63.1 cm³/mol. The summed E-state index contributed by atoms with van der Waals surface area (Å²) in [6.07, 6.45) is 1.06. The summed E-state index contributed by atoms with van der Waals surface area (Å²) in [6, 6.07) is 8.36. The number of rotatable bonds is 3. The largest absolute Gasteiger partial charge is 0.343 e. The second kappa shape index (κ2) is 4.53. The molecule has 0 saturated carbocycles. The van der Waals surface area contributed by atoms with Gasteiger partial charge in [-0.1, -0.05) is 31.2 Å². The maximum Gasteiger partial charge on any atom is 0.192 e.